The number of aromatic nitrogens is 3. The summed E-state index contributed by atoms with van der Waals surface area (Å²) in [5.74, 6) is 2.25. The molecule has 1 aliphatic rings. The van der Waals surface area contributed by atoms with Gasteiger partial charge in [0.2, 0.25) is 11.8 Å². The number of piperidine rings is 1. The second kappa shape index (κ2) is 8.29. The maximum atomic E-state index is 12.8. The normalized spacial score (nSPS) is 16.9. The van der Waals surface area contributed by atoms with Crippen LogP contribution in [0.5, 0.6) is 5.75 Å². The van der Waals surface area contributed by atoms with Gasteiger partial charge in [0.05, 0.1) is 13.3 Å². The highest BCUT2D eigenvalue weighted by atomic mass is 16.5. The molecule has 0 aliphatic carbocycles. The zero-order chi connectivity index (χ0) is 19.3. The molecule has 0 radical (unpaired) electrons. The molecule has 146 valence electrons. The van der Waals surface area contributed by atoms with Gasteiger partial charge >= 0.3 is 0 Å². The van der Waals surface area contributed by atoms with Gasteiger partial charge < -0.3 is 14.1 Å². The molecule has 7 heteroatoms. The number of nitrogens with zero attached hydrogens (tertiary/aromatic N) is 4. The predicted octanol–water partition coefficient (Wildman–Crippen LogP) is 3.22. The number of hydrogen-bond donors (Lipinski definition) is 0. The number of amides is 1. The van der Waals surface area contributed by atoms with E-state index in [9.17, 15) is 4.79 Å². The van der Waals surface area contributed by atoms with Crippen LogP contribution in [0.15, 0.2) is 53.3 Å². The number of benzene rings is 1. The molecule has 0 bridgehead atoms. The molecular formula is C21H24N4O3. The third-order valence-electron chi connectivity index (χ3n) is 5.09. The molecule has 2 aromatic heterocycles. The zero-order valence-corrected chi connectivity index (χ0v) is 16.0. The summed E-state index contributed by atoms with van der Waals surface area (Å²) in [4.78, 5) is 19.2. The van der Waals surface area contributed by atoms with E-state index >= 15 is 0 Å². The maximum Gasteiger partial charge on any atom is 0.244 e. The van der Waals surface area contributed by atoms with Gasteiger partial charge in [-0.05, 0) is 31.4 Å². The lowest BCUT2D eigenvalue weighted by molar-refractivity contribution is -0.136. The van der Waals surface area contributed by atoms with E-state index in [1.807, 2.05) is 35.2 Å². The first-order valence-electron chi connectivity index (χ1n) is 9.58. The van der Waals surface area contributed by atoms with Crippen LogP contribution in [0.2, 0.25) is 0 Å². The van der Waals surface area contributed by atoms with Crippen LogP contribution in [-0.2, 0) is 17.8 Å². The Morgan fingerprint density at radius 2 is 2.18 bits per heavy atom. The molecule has 0 N–H and O–H groups in total. The fraction of sp³-hybridized carbons (Fsp3) is 0.381. The molecule has 4 rings (SSSR count). The molecule has 1 fully saturated rings. The van der Waals surface area contributed by atoms with E-state index in [2.05, 4.69) is 10.1 Å². The number of carbonyl (C=O) groups excluding carboxylic acids is 1. The number of ether oxygens (including phenoxy) is 1. The van der Waals surface area contributed by atoms with Crippen molar-refractivity contribution in [3.63, 3.8) is 0 Å². The number of rotatable bonds is 6. The molecule has 28 heavy (non-hydrogen) atoms. The number of hydrogen-bond acceptors (Lipinski definition) is 5. The van der Waals surface area contributed by atoms with E-state index in [4.69, 9.17) is 9.15 Å². The monoisotopic (exact) mass is 380 g/mol. The molecular weight excluding hydrogens is 356 g/mol. The minimum Gasteiger partial charge on any atom is -0.496 e. The number of methoxy groups -OCH3 is 1. The maximum absolute atomic E-state index is 12.8. The molecule has 0 saturated carbocycles. The molecule has 1 amide bonds. The van der Waals surface area contributed by atoms with E-state index < -0.39 is 0 Å². The van der Waals surface area contributed by atoms with Crippen molar-refractivity contribution < 1.29 is 13.9 Å². The molecule has 3 aromatic rings. The standard InChI is InChI=1S/C21H24N4O3/c1-27-19-9-3-2-7-16(19)13-17-14-22-21(28-17)18-8-4-5-12-25(18)20(26)15-24-11-6-10-23-24/h2-3,6-7,9-11,14,18H,4-5,8,12-13,15H2,1H3/t18-/m1/s1. The van der Waals surface area contributed by atoms with Crippen molar-refractivity contribution in [3.8, 4) is 5.75 Å². The zero-order valence-electron chi connectivity index (χ0n) is 16.0. The van der Waals surface area contributed by atoms with Crippen molar-refractivity contribution in [1.29, 1.82) is 0 Å². The third-order valence-corrected chi connectivity index (χ3v) is 5.09. The van der Waals surface area contributed by atoms with Gasteiger partial charge in [-0.1, -0.05) is 18.2 Å². The van der Waals surface area contributed by atoms with E-state index in [1.165, 1.54) is 0 Å². The lowest BCUT2D eigenvalue weighted by Gasteiger charge is -2.33. The van der Waals surface area contributed by atoms with Crippen LogP contribution in [0.4, 0.5) is 0 Å². The number of likely N-dealkylation sites (tertiary alicyclic amines) is 1. The van der Waals surface area contributed by atoms with Gasteiger partial charge in [0.15, 0.2) is 0 Å². The first kappa shape index (κ1) is 18.3. The highest BCUT2D eigenvalue weighted by Crippen LogP contribution is 2.31. The Morgan fingerprint density at radius 1 is 1.29 bits per heavy atom. The molecule has 0 spiro atoms. The fourth-order valence-corrected chi connectivity index (χ4v) is 3.71. The van der Waals surface area contributed by atoms with Crippen LogP contribution < -0.4 is 4.74 Å². The summed E-state index contributed by atoms with van der Waals surface area (Å²) in [6.07, 6.45) is 8.75. The average Bonchev–Trinajstić information content (AvgIpc) is 3.40. The summed E-state index contributed by atoms with van der Waals surface area (Å²) < 4.78 is 13.1. The van der Waals surface area contributed by atoms with Crippen LogP contribution in [0.3, 0.4) is 0 Å². The van der Waals surface area contributed by atoms with Gasteiger partial charge in [0, 0.05) is 30.9 Å². The fourth-order valence-electron chi connectivity index (χ4n) is 3.71. The van der Waals surface area contributed by atoms with Crippen molar-refractivity contribution in [3.05, 3.63) is 66.1 Å². The largest absolute Gasteiger partial charge is 0.496 e. The Hall–Kier alpha value is -3.09. The van der Waals surface area contributed by atoms with E-state index in [0.717, 1.165) is 42.9 Å². The first-order valence-corrected chi connectivity index (χ1v) is 9.58. The van der Waals surface area contributed by atoms with Crippen molar-refractivity contribution in [2.75, 3.05) is 13.7 Å². The molecule has 1 saturated heterocycles. The van der Waals surface area contributed by atoms with E-state index in [0.29, 0.717) is 12.3 Å². The van der Waals surface area contributed by atoms with Crippen LogP contribution >= 0.6 is 0 Å². The molecule has 1 aromatic carbocycles. The second-order valence-corrected chi connectivity index (χ2v) is 6.96. The third kappa shape index (κ3) is 3.93. The number of para-hydroxylation sites is 1. The number of carbonyl (C=O) groups is 1. The Bertz CT molecular complexity index is 919. The SMILES string of the molecule is COc1ccccc1Cc1cnc([C@H]2CCCCN2C(=O)Cn2cccn2)o1. The van der Waals surface area contributed by atoms with Crippen LogP contribution in [0.25, 0.3) is 0 Å². The topological polar surface area (TPSA) is 73.4 Å². The summed E-state index contributed by atoms with van der Waals surface area (Å²) >= 11 is 0. The summed E-state index contributed by atoms with van der Waals surface area (Å²) in [5.41, 5.74) is 1.04. The van der Waals surface area contributed by atoms with Gasteiger partial charge in [0.25, 0.3) is 0 Å². The van der Waals surface area contributed by atoms with E-state index in [1.54, 1.807) is 30.4 Å². The Kier molecular flexibility index (Phi) is 5.41. The van der Waals surface area contributed by atoms with Gasteiger partial charge in [-0.25, -0.2) is 4.98 Å². The highest BCUT2D eigenvalue weighted by Gasteiger charge is 2.31. The van der Waals surface area contributed by atoms with Crippen molar-refractivity contribution in [2.24, 2.45) is 0 Å². The van der Waals surface area contributed by atoms with E-state index in [-0.39, 0.29) is 18.5 Å². The Morgan fingerprint density at radius 3 is 3.00 bits per heavy atom. The Balaban J connectivity index is 1.50. The van der Waals surface area contributed by atoms with Crippen molar-refractivity contribution in [2.45, 2.75) is 38.3 Å². The van der Waals surface area contributed by atoms with Gasteiger partial charge in [-0.2, -0.15) is 5.10 Å². The van der Waals surface area contributed by atoms with Gasteiger partial charge in [-0.15, -0.1) is 0 Å². The molecule has 1 aliphatic heterocycles. The number of oxazole rings is 1. The van der Waals surface area contributed by atoms with Crippen LogP contribution in [0.1, 0.15) is 42.5 Å². The lowest BCUT2D eigenvalue weighted by Crippen LogP contribution is -2.40. The summed E-state index contributed by atoms with van der Waals surface area (Å²) in [6.45, 7) is 0.952. The average molecular weight is 380 g/mol. The van der Waals surface area contributed by atoms with Crippen molar-refractivity contribution >= 4 is 5.91 Å². The van der Waals surface area contributed by atoms with Gasteiger partial charge in [-0.3, -0.25) is 9.48 Å². The lowest BCUT2D eigenvalue weighted by atomic mass is 10.0. The van der Waals surface area contributed by atoms with Gasteiger partial charge in [0.1, 0.15) is 24.1 Å². The minimum atomic E-state index is -0.122. The summed E-state index contributed by atoms with van der Waals surface area (Å²) in [6, 6.07) is 9.57. The molecule has 0 unspecified atom stereocenters. The highest BCUT2D eigenvalue weighted by molar-refractivity contribution is 5.76. The van der Waals surface area contributed by atoms with Crippen LogP contribution in [0, 0.1) is 0 Å². The quantitative estimate of drug-likeness (QED) is 0.656. The summed E-state index contributed by atoms with van der Waals surface area (Å²) in [5, 5.41) is 4.13. The minimum absolute atomic E-state index is 0.0397. The summed E-state index contributed by atoms with van der Waals surface area (Å²) in [7, 11) is 1.66. The molecule has 7 nitrogen and oxygen atoms in total. The first-order chi connectivity index (χ1) is 13.7. The molecule has 3 heterocycles. The second-order valence-electron chi connectivity index (χ2n) is 6.96. The predicted molar refractivity (Wildman–Crippen MR) is 103 cm³/mol. The Labute approximate surface area is 163 Å². The molecule has 1 atom stereocenters. The van der Waals surface area contributed by atoms with Crippen molar-refractivity contribution in [1.82, 2.24) is 19.7 Å². The van der Waals surface area contributed by atoms with Crippen LogP contribution in [-0.4, -0.2) is 39.2 Å². The smallest absolute Gasteiger partial charge is 0.244 e.